The van der Waals surface area contributed by atoms with Gasteiger partial charge in [0.2, 0.25) is 5.91 Å². The van der Waals surface area contributed by atoms with Gasteiger partial charge in [-0.25, -0.2) is 9.07 Å². The van der Waals surface area contributed by atoms with E-state index in [1.165, 1.54) is 22.5 Å². The van der Waals surface area contributed by atoms with Crippen LogP contribution in [0, 0.1) is 18.7 Å². The fraction of sp³-hybridized carbons (Fsp3) is 0.360. The van der Waals surface area contributed by atoms with Gasteiger partial charge in [-0.3, -0.25) is 9.59 Å². The number of aryl methyl sites for hydroxylation is 1. The fourth-order valence-corrected chi connectivity index (χ4v) is 3.96. The van der Waals surface area contributed by atoms with E-state index in [1.54, 1.807) is 19.1 Å². The molecule has 1 fully saturated rings. The molecule has 1 atom stereocenters. The number of benzene rings is 2. The second-order valence-electron chi connectivity index (χ2n) is 8.93. The number of hydrogen-bond acceptors (Lipinski definition) is 4. The number of carbonyl (C=O) groups is 2. The van der Waals surface area contributed by atoms with E-state index in [0.29, 0.717) is 43.2 Å². The Balaban J connectivity index is 1.30. The number of nitrogens with zero attached hydrogens (tertiary/aromatic N) is 4. The monoisotopic (exact) mass is 449 g/mol. The molecule has 1 unspecified atom stereocenters. The lowest BCUT2D eigenvalue weighted by Gasteiger charge is -2.17. The molecular formula is C25H28FN5O2. The first-order valence-corrected chi connectivity index (χ1v) is 11.1. The third kappa shape index (κ3) is 5.27. The topological polar surface area (TPSA) is 80.1 Å². The molecule has 2 heterocycles. The number of aromatic nitrogens is 3. The van der Waals surface area contributed by atoms with E-state index in [1.807, 2.05) is 4.90 Å². The Morgan fingerprint density at radius 2 is 1.97 bits per heavy atom. The molecule has 33 heavy (non-hydrogen) atoms. The molecule has 0 bridgehead atoms. The van der Waals surface area contributed by atoms with E-state index in [4.69, 9.17) is 0 Å². The van der Waals surface area contributed by atoms with Crippen molar-refractivity contribution in [3.63, 3.8) is 0 Å². The van der Waals surface area contributed by atoms with Crippen LogP contribution in [0.25, 0.3) is 5.69 Å². The second-order valence-corrected chi connectivity index (χ2v) is 8.93. The summed E-state index contributed by atoms with van der Waals surface area (Å²) in [7, 11) is 0. The van der Waals surface area contributed by atoms with E-state index in [0.717, 1.165) is 5.56 Å². The Labute approximate surface area is 192 Å². The normalized spacial score (nSPS) is 16.0. The average Bonchev–Trinajstić information content (AvgIpc) is 3.42. The molecule has 2 aromatic carbocycles. The van der Waals surface area contributed by atoms with Gasteiger partial charge in [0.1, 0.15) is 5.82 Å². The van der Waals surface area contributed by atoms with Crippen molar-refractivity contribution >= 4 is 11.8 Å². The molecule has 0 radical (unpaired) electrons. The lowest BCUT2D eigenvalue weighted by atomic mass is 10.0. The summed E-state index contributed by atoms with van der Waals surface area (Å²) in [5.41, 5.74) is 3.66. The molecule has 0 spiro atoms. The highest BCUT2D eigenvalue weighted by atomic mass is 19.1. The third-order valence-corrected chi connectivity index (χ3v) is 6.00. The van der Waals surface area contributed by atoms with Crippen LogP contribution >= 0.6 is 0 Å². The summed E-state index contributed by atoms with van der Waals surface area (Å²) in [5, 5.41) is 10.7. The van der Waals surface area contributed by atoms with Gasteiger partial charge in [0.25, 0.3) is 5.91 Å². The molecule has 4 rings (SSSR count). The Kier molecular flexibility index (Phi) is 6.53. The summed E-state index contributed by atoms with van der Waals surface area (Å²) in [5.74, 6) is -0.0346. The quantitative estimate of drug-likeness (QED) is 0.598. The maximum absolute atomic E-state index is 13.5. The summed E-state index contributed by atoms with van der Waals surface area (Å²) in [6.07, 6.45) is 1.92. The minimum absolute atomic E-state index is 0.0474. The van der Waals surface area contributed by atoms with Gasteiger partial charge < -0.3 is 10.2 Å². The molecule has 3 aromatic rings. The van der Waals surface area contributed by atoms with Gasteiger partial charge in [-0.05, 0) is 47.7 Å². The molecule has 1 aliphatic rings. The van der Waals surface area contributed by atoms with Crippen LogP contribution in [0.15, 0.2) is 48.7 Å². The molecule has 1 N–H and O–H groups in total. The van der Waals surface area contributed by atoms with Gasteiger partial charge in [0, 0.05) is 32.0 Å². The van der Waals surface area contributed by atoms with Gasteiger partial charge in [-0.1, -0.05) is 43.3 Å². The zero-order valence-electron chi connectivity index (χ0n) is 19.1. The third-order valence-electron chi connectivity index (χ3n) is 6.00. The van der Waals surface area contributed by atoms with E-state index in [9.17, 15) is 14.0 Å². The van der Waals surface area contributed by atoms with Crippen LogP contribution in [0.4, 0.5) is 4.39 Å². The van der Waals surface area contributed by atoms with Crippen molar-refractivity contribution in [2.45, 2.75) is 39.7 Å². The Bertz CT molecular complexity index is 1160. The highest BCUT2D eigenvalue weighted by molar-refractivity contribution is 5.92. The molecular weight excluding hydrogens is 421 g/mol. The van der Waals surface area contributed by atoms with Crippen molar-refractivity contribution in [1.29, 1.82) is 0 Å². The van der Waals surface area contributed by atoms with Crippen LogP contribution in [0.5, 0.6) is 0 Å². The minimum Gasteiger partial charge on any atom is -0.350 e. The number of rotatable bonds is 7. The van der Waals surface area contributed by atoms with E-state index < -0.39 is 0 Å². The summed E-state index contributed by atoms with van der Waals surface area (Å²) in [6.45, 7) is 7.54. The largest absolute Gasteiger partial charge is 0.350 e. The van der Waals surface area contributed by atoms with Crippen LogP contribution in [0.1, 0.15) is 53.4 Å². The first kappa shape index (κ1) is 22.6. The van der Waals surface area contributed by atoms with E-state index in [-0.39, 0.29) is 29.2 Å². The maximum Gasteiger partial charge on any atom is 0.273 e. The molecule has 2 amide bonds. The number of carbonyl (C=O) groups excluding carboxylic acids is 2. The smallest absolute Gasteiger partial charge is 0.273 e. The molecule has 1 aliphatic heterocycles. The van der Waals surface area contributed by atoms with Crippen molar-refractivity contribution in [2.24, 2.45) is 5.92 Å². The average molecular weight is 450 g/mol. The summed E-state index contributed by atoms with van der Waals surface area (Å²) < 4.78 is 14.9. The van der Waals surface area contributed by atoms with Crippen LogP contribution in [-0.2, 0) is 11.3 Å². The minimum atomic E-state index is -0.352. The van der Waals surface area contributed by atoms with Crippen molar-refractivity contribution < 1.29 is 14.0 Å². The second kappa shape index (κ2) is 9.52. The number of hydrogen-bond donors (Lipinski definition) is 1. The predicted octanol–water partition coefficient (Wildman–Crippen LogP) is 3.62. The van der Waals surface area contributed by atoms with Crippen molar-refractivity contribution in [2.75, 3.05) is 13.1 Å². The molecule has 7 nitrogen and oxygen atoms in total. The Hall–Kier alpha value is -3.55. The molecule has 172 valence electrons. The van der Waals surface area contributed by atoms with Crippen LogP contribution in [0.2, 0.25) is 0 Å². The van der Waals surface area contributed by atoms with Gasteiger partial charge in [0.15, 0.2) is 5.69 Å². The summed E-state index contributed by atoms with van der Waals surface area (Å²) in [4.78, 5) is 26.8. The van der Waals surface area contributed by atoms with E-state index in [2.05, 4.69) is 53.7 Å². The zero-order valence-corrected chi connectivity index (χ0v) is 19.1. The fourth-order valence-electron chi connectivity index (χ4n) is 3.96. The standard InChI is InChI=1S/C25H28FN5O2/c1-16(2)20-6-4-18(5-7-20)13-30-14-19(11-24(30)32)12-27-25(33)23-15-31(29-28-23)21-8-9-22(26)17(3)10-21/h4-10,15-16,19H,11-14H2,1-3H3,(H,27,33). The number of likely N-dealkylation sites (tertiary alicyclic amines) is 1. The van der Waals surface area contributed by atoms with E-state index >= 15 is 0 Å². The lowest BCUT2D eigenvalue weighted by molar-refractivity contribution is -0.128. The first-order chi connectivity index (χ1) is 15.8. The van der Waals surface area contributed by atoms with Crippen LogP contribution in [-0.4, -0.2) is 44.8 Å². The highest BCUT2D eigenvalue weighted by Gasteiger charge is 2.30. The Morgan fingerprint density at radius 1 is 1.21 bits per heavy atom. The number of halogens is 1. The van der Waals surface area contributed by atoms with Gasteiger partial charge in [-0.15, -0.1) is 5.10 Å². The van der Waals surface area contributed by atoms with Gasteiger partial charge >= 0.3 is 0 Å². The molecule has 0 saturated carbocycles. The van der Waals surface area contributed by atoms with Gasteiger partial charge in [0.05, 0.1) is 11.9 Å². The van der Waals surface area contributed by atoms with Crippen molar-refractivity contribution in [3.8, 4) is 5.69 Å². The number of nitrogens with one attached hydrogen (secondary N) is 1. The molecule has 1 aromatic heterocycles. The molecule has 8 heteroatoms. The van der Waals surface area contributed by atoms with Crippen molar-refractivity contribution in [1.82, 2.24) is 25.2 Å². The number of amides is 2. The first-order valence-electron chi connectivity index (χ1n) is 11.1. The summed E-state index contributed by atoms with van der Waals surface area (Å²) >= 11 is 0. The van der Waals surface area contributed by atoms with Crippen LogP contribution < -0.4 is 5.32 Å². The van der Waals surface area contributed by atoms with Gasteiger partial charge in [-0.2, -0.15) is 0 Å². The predicted molar refractivity (Wildman–Crippen MR) is 122 cm³/mol. The SMILES string of the molecule is Cc1cc(-n2cc(C(=O)NCC3CC(=O)N(Cc4ccc(C(C)C)cc4)C3)nn2)ccc1F. The molecule has 1 saturated heterocycles. The molecule has 0 aliphatic carbocycles. The van der Waals surface area contributed by atoms with Crippen molar-refractivity contribution in [3.05, 3.63) is 76.9 Å². The maximum atomic E-state index is 13.5. The van der Waals surface area contributed by atoms with Crippen LogP contribution in [0.3, 0.4) is 0 Å². The zero-order chi connectivity index (χ0) is 23.5. The highest BCUT2D eigenvalue weighted by Crippen LogP contribution is 2.21. The summed E-state index contributed by atoms with van der Waals surface area (Å²) in [6, 6.07) is 12.9. The Morgan fingerprint density at radius 3 is 2.67 bits per heavy atom. The lowest BCUT2D eigenvalue weighted by Crippen LogP contribution is -2.31.